The number of allylic oxidation sites excluding steroid dienone is 1. The summed E-state index contributed by atoms with van der Waals surface area (Å²) in [5.41, 5.74) is 10.7. The molecule has 2 rings (SSSR count). The molecule has 1 aliphatic heterocycles. The zero-order valence-electron chi connectivity index (χ0n) is 10.1. The molecule has 0 aromatic heterocycles. The molecule has 0 saturated carbocycles. The van der Waals surface area contributed by atoms with Crippen molar-refractivity contribution in [1.82, 2.24) is 0 Å². The van der Waals surface area contributed by atoms with Crippen LogP contribution in [0.25, 0.3) is 6.08 Å². The van der Waals surface area contributed by atoms with E-state index in [1.54, 1.807) is 0 Å². The molecule has 0 saturated heterocycles. The van der Waals surface area contributed by atoms with Gasteiger partial charge in [0.05, 0.1) is 11.4 Å². The molecule has 2 heteroatoms. The molecule has 2 nitrogen and oxygen atoms in total. The van der Waals surface area contributed by atoms with Gasteiger partial charge in [-0.15, -0.1) is 0 Å². The van der Waals surface area contributed by atoms with Crippen molar-refractivity contribution in [2.24, 2.45) is 0 Å². The monoisotopic (exact) mass is 216 g/mol. The Labute approximate surface area is 97.5 Å². The van der Waals surface area contributed by atoms with Gasteiger partial charge in [-0.3, -0.25) is 0 Å². The van der Waals surface area contributed by atoms with Crippen LogP contribution in [-0.2, 0) is 6.42 Å². The number of benzene rings is 1. The first-order valence-corrected chi connectivity index (χ1v) is 6.06. The van der Waals surface area contributed by atoms with Crippen LogP contribution in [0.4, 0.5) is 11.4 Å². The van der Waals surface area contributed by atoms with Crippen molar-refractivity contribution in [3.8, 4) is 0 Å². The van der Waals surface area contributed by atoms with Crippen LogP contribution in [-0.4, -0.2) is 6.04 Å². The van der Waals surface area contributed by atoms with E-state index in [9.17, 15) is 0 Å². The summed E-state index contributed by atoms with van der Waals surface area (Å²) in [6.45, 7) is 4.34. The fourth-order valence-electron chi connectivity index (χ4n) is 2.14. The van der Waals surface area contributed by atoms with Crippen molar-refractivity contribution < 1.29 is 0 Å². The number of hydrogen-bond donors (Lipinski definition) is 2. The fourth-order valence-corrected chi connectivity index (χ4v) is 2.14. The van der Waals surface area contributed by atoms with Crippen LogP contribution in [0.2, 0.25) is 0 Å². The number of anilines is 2. The molecule has 1 heterocycles. The van der Waals surface area contributed by atoms with Crippen LogP contribution in [0, 0.1) is 0 Å². The van der Waals surface area contributed by atoms with Crippen LogP contribution in [0.3, 0.4) is 0 Å². The van der Waals surface area contributed by atoms with Crippen LogP contribution >= 0.6 is 0 Å². The van der Waals surface area contributed by atoms with Crippen molar-refractivity contribution in [2.45, 2.75) is 39.2 Å². The normalized spacial score (nSPS) is 19.5. The van der Waals surface area contributed by atoms with Gasteiger partial charge in [0.2, 0.25) is 0 Å². The molecule has 16 heavy (non-hydrogen) atoms. The molecule has 1 atom stereocenters. The van der Waals surface area contributed by atoms with Gasteiger partial charge in [0, 0.05) is 6.04 Å². The van der Waals surface area contributed by atoms with E-state index in [-0.39, 0.29) is 0 Å². The molecular weight excluding hydrogens is 196 g/mol. The van der Waals surface area contributed by atoms with Crippen molar-refractivity contribution in [3.63, 3.8) is 0 Å². The van der Waals surface area contributed by atoms with Gasteiger partial charge in [-0.25, -0.2) is 0 Å². The Balaban J connectivity index is 2.38. The first-order valence-electron chi connectivity index (χ1n) is 6.06. The Bertz CT molecular complexity index is 407. The zero-order chi connectivity index (χ0) is 11.5. The van der Waals surface area contributed by atoms with Crippen molar-refractivity contribution in [3.05, 3.63) is 29.3 Å². The summed E-state index contributed by atoms with van der Waals surface area (Å²) < 4.78 is 0. The van der Waals surface area contributed by atoms with E-state index >= 15 is 0 Å². The number of fused-ring (bicyclic) bond motifs is 1. The summed E-state index contributed by atoms with van der Waals surface area (Å²) in [6, 6.07) is 4.85. The van der Waals surface area contributed by atoms with E-state index in [1.165, 1.54) is 12.0 Å². The quantitative estimate of drug-likeness (QED) is 0.743. The van der Waals surface area contributed by atoms with Gasteiger partial charge in [0.15, 0.2) is 0 Å². The van der Waals surface area contributed by atoms with Gasteiger partial charge in [0.25, 0.3) is 0 Å². The summed E-state index contributed by atoms with van der Waals surface area (Å²) >= 11 is 0. The molecule has 1 aromatic carbocycles. The molecule has 0 fully saturated rings. The molecule has 0 spiro atoms. The second-order valence-corrected chi connectivity index (χ2v) is 4.50. The van der Waals surface area contributed by atoms with Gasteiger partial charge in [0.1, 0.15) is 0 Å². The SMILES string of the molecule is CC/C=C\c1ccc2c(c1N)NC(C)CC2. The van der Waals surface area contributed by atoms with Gasteiger partial charge in [-0.05, 0) is 37.3 Å². The lowest BCUT2D eigenvalue weighted by molar-refractivity contribution is 0.681. The molecule has 3 N–H and O–H groups in total. The second kappa shape index (κ2) is 4.60. The van der Waals surface area contributed by atoms with E-state index in [2.05, 4.69) is 43.4 Å². The molecular formula is C14H20N2. The highest BCUT2D eigenvalue weighted by Gasteiger charge is 2.17. The summed E-state index contributed by atoms with van der Waals surface area (Å²) in [6.07, 6.45) is 7.61. The highest BCUT2D eigenvalue weighted by atomic mass is 14.9. The molecule has 0 bridgehead atoms. The third-order valence-corrected chi connectivity index (χ3v) is 3.14. The van der Waals surface area contributed by atoms with Crippen molar-refractivity contribution in [2.75, 3.05) is 11.1 Å². The minimum Gasteiger partial charge on any atom is -0.397 e. The molecule has 1 aliphatic rings. The van der Waals surface area contributed by atoms with E-state index in [4.69, 9.17) is 5.73 Å². The lowest BCUT2D eigenvalue weighted by atomic mass is 9.95. The minimum atomic E-state index is 0.528. The third-order valence-electron chi connectivity index (χ3n) is 3.14. The predicted molar refractivity (Wildman–Crippen MR) is 71.6 cm³/mol. The average molecular weight is 216 g/mol. The fraction of sp³-hybridized carbons (Fsp3) is 0.429. The van der Waals surface area contributed by atoms with Crippen molar-refractivity contribution >= 4 is 17.5 Å². The number of nitrogen functional groups attached to an aromatic ring is 1. The maximum atomic E-state index is 6.19. The number of nitrogens with two attached hydrogens (primary N) is 1. The molecule has 0 radical (unpaired) electrons. The van der Waals surface area contributed by atoms with E-state index in [0.29, 0.717) is 6.04 Å². The lowest BCUT2D eigenvalue weighted by Gasteiger charge is -2.26. The number of hydrogen-bond acceptors (Lipinski definition) is 2. The number of aryl methyl sites for hydroxylation is 1. The zero-order valence-corrected chi connectivity index (χ0v) is 10.1. The maximum Gasteiger partial charge on any atom is 0.0626 e. The summed E-state index contributed by atoms with van der Waals surface area (Å²) in [7, 11) is 0. The highest BCUT2D eigenvalue weighted by molar-refractivity contribution is 5.80. The molecule has 1 unspecified atom stereocenters. The van der Waals surface area contributed by atoms with Crippen LogP contribution < -0.4 is 11.1 Å². The average Bonchev–Trinajstić information content (AvgIpc) is 2.29. The van der Waals surface area contributed by atoms with Crippen LogP contribution in [0.15, 0.2) is 18.2 Å². The Morgan fingerprint density at radius 3 is 3.06 bits per heavy atom. The Morgan fingerprint density at radius 2 is 2.31 bits per heavy atom. The predicted octanol–water partition coefficient (Wildman–Crippen LogP) is 3.44. The van der Waals surface area contributed by atoms with Gasteiger partial charge >= 0.3 is 0 Å². The van der Waals surface area contributed by atoms with Crippen LogP contribution in [0.5, 0.6) is 0 Å². The van der Waals surface area contributed by atoms with Crippen molar-refractivity contribution in [1.29, 1.82) is 0 Å². The molecule has 86 valence electrons. The summed E-state index contributed by atoms with van der Waals surface area (Å²) in [5, 5.41) is 3.49. The molecule has 0 aliphatic carbocycles. The number of rotatable bonds is 2. The van der Waals surface area contributed by atoms with Gasteiger partial charge in [-0.1, -0.05) is 31.2 Å². The second-order valence-electron chi connectivity index (χ2n) is 4.50. The minimum absolute atomic E-state index is 0.528. The third kappa shape index (κ3) is 2.06. The van der Waals surface area contributed by atoms with E-state index in [1.807, 2.05) is 0 Å². The summed E-state index contributed by atoms with van der Waals surface area (Å²) in [4.78, 5) is 0. The van der Waals surface area contributed by atoms with Gasteiger partial charge in [-0.2, -0.15) is 0 Å². The maximum absolute atomic E-state index is 6.19. The van der Waals surface area contributed by atoms with E-state index in [0.717, 1.165) is 29.8 Å². The standard InChI is InChI=1S/C14H20N2/c1-3-4-5-11-8-9-12-7-6-10(2)16-14(12)13(11)15/h4-5,8-10,16H,3,6-7,15H2,1-2H3/b5-4-. The Morgan fingerprint density at radius 1 is 1.50 bits per heavy atom. The topological polar surface area (TPSA) is 38.0 Å². The van der Waals surface area contributed by atoms with Crippen LogP contribution in [0.1, 0.15) is 37.8 Å². The Hall–Kier alpha value is -1.44. The molecule has 0 amide bonds. The number of nitrogens with one attached hydrogen (secondary N) is 1. The lowest BCUT2D eigenvalue weighted by Crippen LogP contribution is -2.23. The Kier molecular flexibility index (Phi) is 3.18. The highest BCUT2D eigenvalue weighted by Crippen LogP contribution is 2.33. The largest absolute Gasteiger partial charge is 0.397 e. The smallest absolute Gasteiger partial charge is 0.0626 e. The molecule has 1 aromatic rings. The van der Waals surface area contributed by atoms with Gasteiger partial charge < -0.3 is 11.1 Å². The van der Waals surface area contributed by atoms with E-state index < -0.39 is 0 Å². The first-order chi connectivity index (χ1) is 7.72. The first kappa shape index (κ1) is 11.1. The summed E-state index contributed by atoms with van der Waals surface area (Å²) in [5.74, 6) is 0.